The van der Waals surface area contributed by atoms with Gasteiger partial charge in [-0.2, -0.15) is 0 Å². The van der Waals surface area contributed by atoms with Crippen molar-refractivity contribution < 1.29 is 80.2 Å². The van der Waals surface area contributed by atoms with Gasteiger partial charge in [0.05, 0.1) is 26.4 Å². The van der Waals surface area contributed by atoms with Gasteiger partial charge in [-0.05, 0) is 31.6 Å². The van der Waals surface area contributed by atoms with Crippen molar-refractivity contribution in [3.63, 3.8) is 0 Å². The average molecular weight is 1580 g/mol. The Bertz CT molecular complexity index is 2050. The molecule has 0 saturated carbocycles. The van der Waals surface area contributed by atoms with Gasteiger partial charge in [0.15, 0.2) is 12.2 Å². The summed E-state index contributed by atoms with van der Waals surface area (Å²) in [4.78, 5) is 73.3. The Labute approximate surface area is 664 Å². The number of carbonyl (C=O) groups is 4. The molecule has 0 aliphatic carbocycles. The number of aliphatic hydroxyl groups is 1. The van der Waals surface area contributed by atoms with E-state index in [-0.39, 0.29) is 25.7 Å². The number of aliphatic hydroxyl groups excluding tert-OH is 1. The highest BCUT2D eigenvalue weighted by molar-refractivity contribution is 7.47. The summed E-state index contributed by atoms with van der Waals surface area (Å²) in [6.45, 7) is 7.44. The van der Waals surface area contributed by atoms with Crippen LogP contribution in [0, 0.1) is 5.92 Å². The third-order valence-corrected chi connectivity index (χ3v) is 23.3. The van der Waals surface area contributed by atoms with Gasteiger partial charge in [-0.15, -0.1) is 0 Å². The van der Waals surface area contributed by atoms with E-state index < -0.39 is 97.5 Å². The highest BCUT2D eigenvalue weighted by atomic mass is 31.2. The second kappa shape index (κ2) is 81.6. The zero-order valence-electron chi connectivity index (χ0n) is 71.0. The number of phosphoric ester groups is 2. The minimum absolute atomic E-state index is 0.108. The molecule has 0 aliphatic rings. The number of rotatable bonds is 89. The average Bonchev–Trinajstić information content (AvgIpc) is 0.900. The number of esters is 4. The molecule has 0 spiro atoms. The maximum atomic E-state index is 13.2. The summed E-state index contributed by atoms with van der Waals surface area (Å²) in [6.07, 6.45) is 76.4. The molecule has 3 unspecified atom stereocenters. The largest absolute Gasteiger partial charge is 0.472 e. The van der Waals surface area contributed by atoms with Gasteiger partial charge >= 0.3 is 39.5 Å². The van der Waals surface area contributed by atoms with Crippen LogP contribution in [0.4, 0.5) is 0 Å². The predicted octanol–water partition coefficient (Wildman–Crippen LogP) is 27.5. The Kier molecular flexibility index (Phi) is 80.2. The van der Waals surface area contributed by atoms with Crippen LogP contribution >= 0.6 is 15.6 Å². The molecule has 0 aromatic carbocycles. The van der Waals surface area contributed by atoms with E-state index in [1.807, 2.05) is 0 Å². The molecule has 6 atom stereocenters. The van der Waals surface area contributed by atoms with Gasteiger partial charge in [-0.3, -0.25) is 37.3 Å². The molecule has 17 nitrogen and oxygen atoms in total. The maximum Gasteiger partial charge on any atom is 0.472 e. The fourth-order valence-electron chi connectivity index (χ4n) is 14.0. The van der Waals surface area contributed by atoms with Crippen LogP contribution in [0.1, 0.15) is 484 Å². The summed E-state index contributed by atoms with van der Waals surface area (Å²) in [7, 11) is -9.93. The topological polar surface area (TPSA) is 237 Å². The monoisotopic (exact) mass is 1580 g/mol. The van der Waals surface area contributed by atoms with E-state index >= 15 is 0 Å². The van der Waals surface area contributed by atoms with Crippen molar-refractivity contribution in [2.45, 2.75) is 502 Å². The molecule has 0 rings (SSSR count). The molecule has 0 heterocycles. The molecule has 642 valence electrons. The number of hydrogen-bond donors (Lipinski definition) is 3. The first-order valence-electron chi connectivity index (χ1n) is 46.2. The molecule has 0 fully saturated rings. The van der Waals surface area contributed by atoms with Gasteiger partial charge < -0.3 is 33.8 Å². The Hall–Kier alpha value is -1.94. The van der Waals surface area contributed by atoms with E-state index in [1.54, 1.807) is 0 Å². The molecule has 0 aromatic rings. The number of carbonyl (C=O) groups excluding carboxylic acids is 4. The lowest BCUT2D eigenvalue weighted by Crippen LogP contribution is -2.30. The van der Waals surface area contributed by atoms with E-state index in [0.29, 0.717) is 25.7 Å². The van der Waals surface area contributed by atoms with Crippen LogP contribution in [-0.2, 0) is 65.4 Å². The highest BCUT2D eigenvalue weighted by Gasteiger charge is 2.31. The lowest BCUT2D eigenvalue weighted by molar-refractivity contribution is -0.161. The number of hydrogen-bond acceptors (Lipinski definition) is 15. The SMILES string of the molecule is CCCCCCCCCCCCCCCCCCCCCCCCC(=O)OC[C@H](COP(=O)(O)OC[C@@H](O)COP(=O)(O)OC[C@@H](COC(=O)CCCCCCCCCCCCCC)OC(=O)CCCCCCCCCCCCCC)OC(=O)CCCCCCCCCCCCCCCCCCCCC(C)CC. The minimum atomic E-state index is -4.97. The normalized spacial score (nSPS) is 14.0. The molecule has 0 saturated heterocycles. The maximum absolute atomic E-state index is 13.2. The van der Waals surface area contributed by atoms with Crippen LogP contribution in [0.5, 0.6) is 0 Å². The summed E-state index contributed by atoms with van der Waals surface area (Å²) < 4.78 is 68.9. The van der Waals surface area contributed by atoms with Crippen LogP contribution in [-0.4, -0.2) is 96.7 Å². The molecule has 108 heavy (non-hydrogen) atoms. The molecule has 0 bridgehead atoms. The van der Waals surface area contributed by atoms with Gasteiger partial charge in [0.1, 0.15) is 19.3 Å². The molecule has 0 amide bonds. The van der Waals surface area contributed by atoms with Crippen LogP contribution in [0.15, 0.2) is 0 Å². The Morgan fingerprint density at radius 1 is 0.259 bits per heavy atom. The molecule has 0 radical (unpaired) electrons. The summed E-state index contributed by atoms with van der Waals surface area (Å²) in [6, 6.07) is 0. The summed E-state index contributed by atoms with van der Waals surface area (Å²) in [5.74, 6) is -1.22. The minimum Gasteiger partial charge on any atom is -0.462 e. The molecule has 0 aromatic heterocycles. The zero-order chi connectivity index (χ0) is 79.0. The zero-order valence-corrected chi connectivity index (χ0v) is 72.8. The van der Waals surface area contributed by atoms with Crippen molar-refractivity contribution in [1.29, 1.82) is 0 Å². The lowest BCUT2D eigenvalue weighted by atomic mass is 9.99. The Morgan fingerprint density at radius 3 is 0.657 bits per heavy atom. The smallest absolute Gasteiger partial charge is 0.462 e. The van der Waals surface area contributed by atoms with Crippen molar-refractivity contribution in [2.75, 3.05) is 39.6 Å². The van der Waals surface area contributed by atoms with E-state index in [9.17, 15) is 43.2 Å². The van der Waals surface area contributed by atoms with E-state index in [0.717, 1.165) is 95.8 Å². The fraction of sp³-hybridized carbons (Fsp3) is 0.955. The summed E-state index contributed by atoms with van der Waals surface area (Å²) >= 11 is 0. The van der Waals surface area contributed by atoms with Crippen molar-refractivity contribution in [3.05, 3.63) is 0 Å². The molecular formula is C89H174O17P2. The summed E-state index contributed by atoms with van der Waals surface area (Å²) in [5, 5.41) is 10.7. The number of unbranched alkanes of at least 4 members (excludes halogenated alkanes) is 60. The first-order chi connectivity index (χ1) is 52.6. The van der Waals surface area contributed by atoms with Crippen LogP contribution in [0.2, 0.25) is 0 Å². The lowest BCUT2D eigenvalue weighted by Gasteiger charge is -2.21. The van der Waals surface area contributed by atoms with E-state index in [4.69, 9.17) is 37.0 Å². The van der Waals surface area contributed by atoms with Gasteiger partial charge in [0.2, 0.25) is 0 Å². The van der Waals surface area contributed by atoms with Crippen molar-refractivity contribution >= 4 is 39.5 Å². The Balaban J connectivity index is 5.20. The molecule has 0 aliphatic heterocycles. The van der Waals surface area contributed by atoms with Crippen LogP contribution in [0.25, 0.3) is 0 Å². The van der Waals surface area contributed by atoms with Gasteiger partial charge in [0.25, 0.3) is 0 Å². The molecular weight excluding hydrogens is 1400 g/mol. The number of phosphoric acid groups is 2. The Morgan fingerprint density at radius 2 is 0.444 bits per heavy atom. The van der Waals surface area contributed by atoms with Crippen molar-refractivity contribution in [1.82, 2.24) is 0 Å². The first-order valence-corrected chi connectivity index (χ1v) is 49.2. The molecule has 19 heteroatoms. The van der Waals surface area contributed by atoms with Gasteiger partial charge in [0, 0.05) is 25.7 Å². The van der Waals surface area contributed by atoms with Crippen LogP contribution in [0.3, 0.4) is 0 Å². The summed E-state index contributed by atoms with van der Waals surface area (Å²) in [5.41, 5.74) is 0. The third-order valence-electron chi connectivity index (χ3n) is 21.4. The highest BCUT2D eigenvalue weighted by Crippen LogP contribution is 2.45. The standard InChI is InChI=1S/C89H174O17P2/c1-6-10-13-16-19-22-25-28-29-30-31-32-33-34-38-41-44-49-53-58-63-68-73-87(92)100-79-85(106-89(94)75-70-65-60-55-50-45-42-39-36-35-37-40-43-46-51-56-61-66-71-82(5)9-4)81-104-108(97,98)102-77-83(90)76-101-107(95,96)103-80-84(105-88(93)74-69-64-59-54-48-27-24-21-18-15-12-8-3)78-99-86(91)72-67-62-57-52-47-26-23-20-17-14-11-7-2/h82-85,90H,6-81H2,1-5H3,(H,95,96)(H,97,98)/t82?,83-,84+,85+/m0/s1. The second-order valence-electron chi connectivity index (χ2n) is 32.2. The van der Waals surface area contributed by atoms with Crippen molar-refractivity contribution in [2.24, 2.45) is 5.92 Å². The van der Waals surface area contributed by atoms with Gasteiger partial charge in [-0.25, -0.2) is 9.13 Å². The van der Waals surface area contributed by atoms with Crippen LogP contribution < -0.4 is 0 Å². The third kappa shape index (κ3) is 80.7. The fourth-order valence-corrected chi connectivity index (χ4v) is 15.5. The van der Waals surface area contributed by atoms with E-state index in [1.165, 1.54) is 308 Å². The predicted molar refractivity (Wildman–Crippen MR) is 446 cm³/mol. The first kappa shape index (κ1) is 106. The molecule has 3 N–H and O–H groups in total. The van der Waals surface area contributed by atoms with Gasteiger partial charge in [-0.1, -0.05) is 433 Å². The second-order valence-corrected chi connectivity index (χ2v) is 35.1. The van der Waals surface area contributed by atoms with E-state index in [2.05, 4.69) is 34.6 Å². The quantitative estimate of drug-likeness (QED) is 0.0222. The van der Waals surface area contributed by atoms with Crippen molar-refractivity contribution in [3.8, 4) is 0 Å². The number of ether oxygens (including phenoxy) is 4.